The van der Waals surface area contributed by atoms with Crippen LogP contribution in [-0.2, 0) is 4.84 Å². The van der Waals surface area contributed by atoms with E-state index in [1.165, 1.54) is 0 Å². The molecule has 0 aliphatic rings. The van der Waals surface area contributed by atoms with Crippen molar-refractivity contribution in [2.24, 2.45) is 5.16 Å². The summed E-state index contributed by atoms with van der Waals surface area (Å²) in [5.41, 5.74) is 2.23. The molecular formula is C14H12BrNO2S. The van der Waals surface area contributed by atoms with Crippen LogP contribution >= 0.6 is 27.3 Å². The third-order valence-electron chi connectivity index (χ3n) is 2.55. The monoisotopic (exact) mass is 337 g/mol. The summed E-state index contributed by atoms with van der Waals surface area (Å²) < 4.78 is 0.876. The fourth-order valence-electron chi connectivity index (χ4n) is 1.41. The lowest BCUT2D eigenvalue weighted by Crippen LogP contribution is -2.03. The van der Waals surface area contributed by atoms with Crippen LogP contribution in [-0.4, -0.2) is 11.7 Å². The number of carbonyl (C=O) groups excluding carboxylic acids is 1. The van der Waals surface area contributed by atoms with Crippen LogP contribution in [0.4, 0.5) is 0 Å². The molecule has 5 heteroatoms. The maximum Gasteiger partial charge on any atom is 0.365 e. The molecule has 2 rings (SSSR count). The Hall–Kier alpha value is -1.46. The van der Waals surface area contributed by atoms with Crippen LogP contribution in [0.25, 0.3) is 0 Å². The Kier molecular flexibility index (Phi) is 4.50. The summed E-state index contributed by atoms with van der Waals surface area (Å²) in [4.78, 5) is 17.8. The van der Waals surface area contributed by atoms with Gasteiger partial charge in [-0.1, -0.05) is 33.2 Å². The zero-order valence-corrected chi connectivity index (χ0v) is 12.9. The Morgan fingerprint density at radius 1 is 1.37 bits per heavy atom. The predicted molar refractivity (Wildman–Crippen MR) is 80.8 cm³/mol. The van der Waals surface area contributed by atoms with Crippen molar-refractivity contribution in [3.05, 3.63) is 56.2 Å². The third-order valence-corrected chi connectivity index (χ3v) is 4.38. The number of nitrogens with zero attached hydrogens (tertiary/aromatic N) is 1. The van der Waals surface area contributed by atoms with Gasteiger partial charge in [-0.2, -0.15) is 0 Å². The summed E-state index contributed by atoms with van der Waals surface area (Å²) in [5.74, 6) is -0.461. The minimum Gasteiger partial charge on any atom is -0.313 e. The van der Waals surface area contributed by atoms with Crippen LogP contribution in [0.2, 0.25) is 0 Å². The molecule has 19 heavy (non-hydrogen) atoms. The van der Waals surface area contributed by atoms with Crippen LogP contribution in [0.1, 0.15) is 27.7 Å². The van der Waals surface area contributed by atoms with Gasteiger partial charge in [-0.3, -0.25) is 0 Å². The van der Waals surface area contributed by atoms with Crippen molar-refractivity contribution >= 4 is 38.9 Å². The first-order valence-electron chi connectivity index (χ1n) is 5.64. The van der Waals surface area contributed by atoms with Gasteiger partial charge in [0, 0.05) is 4.47 Å². The quantitative estimate of drug-likeness (QED) is 0.473. The van der Waals surface area contributed by atoms with Crippen molar-refractivity contribution in [1.82, 2.24) is 0 Å². The number of carbonyl (C=O) groups is 1. The first kappa shape index (κ1) is 14.0. The molecule has 98 valence electrons. The van der Waals surface area contributed by atoms with E-state index in [9.17, 15) is 4.79 Å². The van der Waals surface area contributed by atoms with Crippen LogP contribution < -0.4 is 0 Å². The van der Waals surface area contributed by atoms with E-state index in [1.807, 2.05) is 37.4 Å². The molecule has 0 radical (unpaired) electrons. The number of benzene rings is 1. The SMILES string of the molecule is C/C(=N/OC(=O)c1ccc(C)c(Br)c1)c1cccs1. The molecule has 0 saturated heterocycles. The van der Waals surface area contributed by atoms with Gasteiger partial charge in [-0.25, -0.2) is 4.79 Å². The van der Waals surface area contributed by atoms with E-state index in [1.54, 1.807) is 23.5 Å². The van der Waals surface area contributed by atoms with E-state index in [-0.39, 0.29) is 0 Å². The molecule has 0 spiro atoms. The number of hydrogen-bond acceptors (Lipinski definition) is 4. The normalized spacial score (nSPS) is 11.4. The summed E-state index contributed by atoms with van der Waals surface area (Å²) in [6.07, 6.45) is 0. The summed E-state index contributed by atoms with van der Waals surface area (Å²) >= 11 is 4.94. The molecule has 0 aliphatic carbocycles. The van der Waals surface area contributed by atoms with Crippen molar-refractivity contribution in [2.75, 3.05) is 0 Å². The second kappa shape index (κ2) is 6.12. The molecule has 0 atom stereocenters. The Labute approximate surface area is 124 Å². The number of halogens is 1. The number of aryl methyl sites for hydroxylation is 1. The zero-order valence-electron chi connectivity index (χ0n) is 10.5. The summed E-state index contributed by atoms with van der Waals surface area (Å²) in [6, 6.07) is 9.17. The summed E-state index contributed by atoms with van der Waals surface area (Å²) in [6.45, 7) is 3.77. The highest BCUT2D eigenvalue weighted by Gasteiger charge is 2.09. The van der Waals surface area contributed by atoms with Crippen molar-refractivity contribution in [1.29, 1.82) is 0 Å². The van der Waals surface area contributed by atoms with Gasteiger partial charge in [0.15, 0.2) is 0 Å². The average molecular weight is 338 g/mol. The van der Waals surface area contributed by atoms with Crippen molar-refractivity contribution in [2.45, 2.75) is 13.8 Å². The standard InChI is InChI=1S/C14H12BrNO2S/c1-9-5-6-11(8-12(9)15)14(17)18-16-10(2)13-4-3-7-19-13/h3-8H,1-2H3/b16-10-. The molecule has 0 saturated carbocycles. The van der Waals surface area contributed by atoms with Gasteiger partial charge < -0.3 is 4.84 Å². The second-order valence-corrected chi connectivity index (χ2v) is 5.80. The van der Waals surface area contributed by atoms with Gasteiger partial charge in [0.25, 0.3) is 0 Å². The van der Waals surface area contributed by atoms with E-state index >= 15 is 0 Å². The predicted octanol–water partition coefficient (Wildman–Crippen LogP) is 4.40. The lowest BCUT2D eigenvalue weighted by Gasteiger charge is -2.02. The molecule has 3 nitrogen and oxygen atoms in total. The molecule has 0 amide bonds. The van der Waals surface area contributed by atoms with E-state index in [4.69, 9.17) is 4.84 Å². The van der Waals surface area contributed by atoms with Crippen LogP contribution in [0, 0.1) is 6.92 Å². The van der Waals surface area contributed by atoms with E-state index in [0.717, 1.165) is 14.9 Å². The van der Waals surface area contributed by atoms with Gasteiger partial charge in [-0.15, -0.1) is 11.3 Å². The van der Waals surface area contributed by atoms with Crippen LogP contribution in [0.3, 0.4) is 0 Å². The van der Waals surface area contributed by atoms with Crippen molar-refractivity contribution in [3.8, 4) is 0 Å². The molecule has 2 aromatic rings. The van der Waals surface area contributed by atoms with Crippen molar-refractivity contribution in [3.63, 3.8) is 0 Å². The largest absolute Gasteiger partial charge is 0.365 e. The lowest BCUT2D eigenvalue weighted by atomic mass is 10.1. The Balaban J connectivity index is 2.09. The van der Waals surface area contributed by atoms with Crippen LogP contribution in [0.5, 0.6) is 0 Å². The average Bonchev–Trinajstić information content (AvgIpc) is 2.92. The minimum atomic E-state index is -0.461. The Bertz CT molecular complexity index is 620. The van der Waals surface area contributed by atoms with Crippen LogP contribution in [0.15, 0.2) is 45.3 Å². The van der Waals surface area contributed by atoms with E-state index in [2.05, 4.69) is 21.1 Å². The number of rotatable bonds is 3. The molecule has 0 N–H and O–H groups in total. The fraction of sp³-hybridized carbons (Fsp3) is 0.143. The highest BCUT2D eigenvalue weighted by molar-refractivity contribution is 9.10. The molecule has 1 aromatic carbocycles. The molecular weight excluding hydrogens is 326 g/mol. The second-order valence-electron chi connectivity index (χ2n) is 4.00. The highest BCUT2D eigenvalue weighted by Crippen LogP contribution is 2.18. The molecule has 1 heterocycles. The van der Waals surface area contributed by atoms with Gasteiger partial charge >= 0.3 is 5.97 Å². The zero-order chi connectivity index (χ0) is 13.8. The van der Waals surface area contributed by atoms with E-state index < -0.39 is 5.97 Å². The van der Waals surface area contributed by atoms with E-state index in [0.29, 0.717) is 11.3 Å². The molecule has 0 aliphatic heterocycles. The fourth-order valence-corrected chi connectivity index (χ4v) is 2.46. The number of hydrogen-bond donors (Lipinski definition) is 0. The minimum absolute atomic E-state index is 0.461. The van der Waals surface area contributed by atoms with Crippen molar-refractivity contribution < 1.29 is 9.63 Å². The smallest absolute Gasteiger partial charge is 0.313 e. The Morgan fingerprint density at radius 3 is 2.79 bits per heavy atom. The maximum atomic E-state index is 11.8. The molecule has 0 unspecified atom stereocenters. The molecule has 0 bridgehead atoms. The first-order chi connectivity index (χ1) is 9.08. The number of thiophene rings is 1. The summed E-state index contributed by atoms with van der Waals surface area (Å²) in [5, 5.41) is 5.81. The lowest BCUT2D eigenvalue weighted by molar-refractivity contribution is 0.0516. The summed E-state index contributed by atoms with van der Waals surface area (Å²) in [7, 11) is 0. The molecule has 0 fully saturated rings. The number of oxime groups is 1. The van der Waals surface area contributed by atoms with Gasteiger partial charge in [0.05, 0.1) is 16.2 Å². The Morgan fingerprint density at radius 2 is 2.16 bits per heavy atom. The highest BCUT2D eigenvalue weighted by atomic mass is 79.9. The topological polar surface area (TPSA) is 38.7 Å². The third kappa shape index (κ3) is 3.52. The van der Waals surface area contributed by atoms with Gasteiger partial charge in [-0.05, 0) is 43.0 Å². The van der Waals surface area contributed by atoms with Gasteiger partial charge in [0.2, 0.25) is 0 Å². The first-order valence-corrected chi connectivity index (χ1v) is 7.31. The molecule has 1 aromatic heterocycles. The van der Waals surface area contributed by atoms with Gasteiger partial charge in [0.1, 0.15) is 0 Å². The maximum absolute atomic E-state index is 11.8.